The number of aliphatic hydroxyl groups excluding tert-OH is 1. The smallest absolute Gasteiger partial charge is 0.251 e. The van der Waals surface area contributed by atoms with Crippen LogP contribution >= 0.6 is 11.3 Å². The van der Waals surface area contributed by atoms with Gasteiger partial charge in [-0.15, -0.1) is 11.3 Å². The van der Waals surface area contributed by atoms with Crippen molar-refractivity contribution in [3.8, 4) is 11.1 Å². The molecular formula is C19H17NO2S. The van der Waals surface area contributed by atoms with E-state index < -0.39 is 6.10 Å². The lowest BCUT2D eigenvalue weighted by atomic mass is 10.0. The quantitative estimate of drug-likeness (QED) is 0.748. The Bertz CT molecular complexity index is 752. The molecule has 2 N–H and O–H groups in total. The van der Waals surface area contributed by atoms with Gasteiger partial charge >= 0.3 is 0 Å². The highest BCUT2D eigenvalue weighted by Crippen LogP contribution is 2.20. The number of rotatable bonds is 5. The average molecular weight is 323 g/mol. The summed E-state index contributed by atoms with van der Waals surface area (Å²) in [6.07, 6.45) is -0.664. The second-order valence-corrected chi connectivity index (χ2v) is 6.16. The van der Waals surface area contributed by atoms with Crippen LogP contribution in [-0.4, -0.2) is 17.6 Å². The van der Waals surface area contributed by atoms with Gasteiger partial charge in [0.1, 0.15) is 6.10 Å². The molecule has 1 heterocycles. The summed E-state index contributed by atoms with van der Waals surface area (Å²) in [5, 5.41) is 14.7. The first-order valence-corrected chi connectivity index (χ1v) is 8.27. The average Bonchev–Trinajstić information content (AvgIpc) is 3.15. The van der Waals surface area contributed by atoms with E-state index in [9.17, 15) is 9.90 Å². The third kappa shape index (κ3) is 3.86. The summed E-state index contributed by atoms with van der Waals surface area (Å²) in [5.74, 6) is -0.180. The Morgan fingerprint density at radius 3 is 2.30 bits per heavy atom. The van der Waals surface area contributed by atoms with Crippen LogP contribution in [0.1, 0.15) is 21.3 Å². The van der Waals surface area contributed by atoms with Crippen molar-refractivity contribution in [2.45, 2.75) is 6.10 Å². The summed E-state index contributed by atoms with van der Waals surface area (Å²) >= 11 is 1.48. The van der Waals surface area contributed by atoms with E-state index in [-0.39, 0.29) is 12.5 Å². The van der Waals surface area contributed by atoms with Crippen LogP contribution in [-0.2, 0) is 0 Å². The number of nitrogens with one attached hydrogen (secondary N) is 1. The molecule has 116 valence electrons. The summed E-state index contributed by atoms with van der Waals surface area (Å²) in [6.45, 7) is 0.208. The van der Waals surface area contributed by atoms with Gasteiger partial charge in [0.05, 0.1) is 0 Å². The minimum absolute atomic E-state index is 0.180. The van der Waals surface area contributed by atoms with Crippen molar-refractivity contribution in [2.75, 3.05) is 6.54 Å². The zero-order chi connectivity index (χ0) is 16.1. The molecule has 1 amide bonds. The molecule has 3 nitrogen and oxygen atoms in total. The van der Waals surface area contributed by atoms with Crippen LogP contribution in [0.5, 0.6) is 0 Å². The topological polar surface area (TPSA) is 49.3 Å². The maximum atomic E-state index is 12.1. The molecule has 1 atom stereocenters. The first-order valence-electron chi connectivity index (χ1n) is 7.39. The van der Waals surface area contributed by atoms with Gasteiger partial charge in [-0.3, -0.25) is 4.79 Å². The predicted octanol–water partition coefficient (Wildman–Crippen LogP) is 3.88. The number of hydrogen-bond acceptors (Lipinski definition) is 3. The highest BCUT2D eigenvalue weighted by atomic mass is 32.1. The SMILES string of the molecule is O=C(NCC(O)c1cccs1)c1ccc(-c2ccccc2)cc1. The minimum Gasteiger partial charge on any atom is -0.386 e. The van der Waals surface area contributed by atoms with E-state index in [1.165, 1.54) is 11.3 Å². The fourth-order valence-corrected chi connectivity index (χ4v) is 3.03. The Morgan fingerprint density at radius 2 is 1.65 bits per heavy atom. The largest absolute Gasteiger partial charge is 0.386 e. The third-order valence-electron chi connectivity index (χ3n) is 3.58. The molecule has 0 spiro atoms. The van der Waals surface area contributed by atoms with Crippen molar-refractivity contribution < 1.29 is 9.90 Å². The van der Waals surface area contributed by atoms with Gasteiger partial charge in [0.15, 0.2) is 0 Å². The Morgan fingerprint density at radius 1 is 0.957 bits per heavy atom. The molecule has 3 rings (SSSR count). The molecular weight excluding hydrogens is 306 g/mol. The molecule has 0 aliphatic carbocycles. The highest BCUT2D eigenvalue weighted by molar-refractivity contribution is 7.10. The van der Waals surface area contributed by atoms with E-state index in [2.05, 4.69) is 5.32 Å². The number of carbonyl (C=O) groups is 1. The van der Waals surface area contributed by atoms with Gasteiger partial charge in [-0.05, 0) is 34.7 Å². The maximum Gasteiger partial charge on any atom is 0.251 e. The molecule has 3 aromatic rings. The first kappa shape index (κ1) is 15.5. The summed E-state index contributed by atoms with van der Waals surface area (Å²) in [5.41, 5.74) is 2.77. The van der Waals surface area contributed by atoms with Gasteiger partial charge in [0.2, 0.25) is 0 Å². The summed E-state index contributed by atoms with van der Waals surface area (Å²) in [4.78, 5) is 13.0. The van der Waals surface area contributed by atoms with Crippen molar-refractivity contribution in [3.05, 3.63) is 82.6 Å². The number of benzene rings is 2. The standard InChI is InChI=1S/C19H17NO2S/c21-17(18-7-4-12-23-18)13-20-19(22)16-10-8-15(9-11-16)14-5-2-1-3-6-14/h1-12,17,21H,13H2,(H,20,22). The van der Waals surface area contributed by atoms with E-state index in [0.29, 0.717) is 5.56 Å². The normalized spacial score (nSPS) is 11.9. The number of amides is 1. The van der Waals surface area contributed by atoms with E-state index >= 15 is 0 Å². The van der Waals surface area contributed by atoms with Gasteiger partial charge in [-0.1, -0.05) is 48.5 Å². The number of thiophene rings is 1. The van der Waals surface area contributed by atoms with Crippen LogP contribution in [0.25, 0.3) is 11.1 Å². The molecule has 4 heteroatoms. The van der Waals surface area contributed by atoms with Gasteiger partial charge in [-0.2, -0.15) is 0 Å². The van der Waals surface area contributed by atoms with Crippen LogP contribution in [0.4, 0.5) is 0 Å². The van der Waals surface area contributed by atoms with Gasteiger partial charge in [-0.25, -0.2) is 0 Å². The molecule has 1 unspecified atom stereocenters. The molecule has 2 aromatic carbocycles. The molecule has 0 radical (unpaired) electrons. The zero-order valence-electron chi connectivity index (χ0n) is 12.5. The van der Waals surface area contributed by atoms with Crippen molar-refractivity contribution in [2.24, 2.45) is 0 Å². The van der Waals surface area contributed by atoms with Gasteiger partial charge in [0.25, 0.3) is 5.91 Å². The van der Waals surface area contributed by atoms with E-state index in [4.69, 9.17) is 0 Å². The van der Waals surface area contributed by atoms with Crippen LogP contribution in [0, 0.1) is 0 Å². The summed E-state index contributed by atoms with van der Waals surface area (Å²) in [6, 6.07) is 21.2. The Kier molecular flexibility index (Phi) is 4.86. The van der Waals surface area contributed by atoms with Crippen LogP contribution < -0.4 is 5.32 Å². The van der Waals surface area contributed by atoms with E-state index in [1.807, 2.05) is 60.0 Å². The fourth-order valence-electron chi connectivity index (χ4n) is 2.32. The van der Waals surface area contributed by atoms with Crippen molar-refractivity contribution in [3.63, 3.8) is 0 Å². The lowest BCUT2D eigenvalue weighted by molar-refractivity contribution is 0.0918. The maximum absolute atomic E-state index is 12.1. The fraction of sp³-hybridized carbons (Fsp3) is 0.105. The second-order valence-electron chi connectivity index (χ2n) is 5.18. The molecule has 0 saturated carbocycles. The molecule has 0 aliphatic heterocycles. The molecule has 0 saturated heterocycles. The monoisotopic (exact) mass is 323 g/mol. The Hall–Kier alpha value is -2.43. The van der Waals surface area contributed by atoms with Gasteiger partial charge in [0, 0.05) is 17.0 Å². The molecule has 0 aliphatic rings. The van der Waals surface area contributed by atoms with Crippen molar-refractivity contribution >= 4 is 17.2 Å². The van der Waals surface area contributed by atoms with Crippen LogP contribution in [0.2, 0.25) is 0 Å². The highest BCUT2D eigenvalue weighted by Gasteiger charge is 2.11. The van der Waals surface area contributed by atoms with Crippen molar-refractivity contribution in [1.29, 1.82) is 0 Å². The Balaban J connectivity index is 1.62. The lowest BCUT2D eigenvalue weighted by Crippen LogP contribution is -2.28. The second kappa shape index (κ2) is 7.22. The third-order valence-corrected chi connectivity index (χ3v) is 4.56. The molecule has 1 aromatic heterocycles. The molecule has 0 fully saturated rings. The van der Waals surface area contributed by atoms with E-state index in [0.717, 1.165) is 16.0 Å². The van der Waals surface area contributed by atoms with Crippen LogP contribution in [0.3, 0.4) is 0 Å². The number of carbonyl (C=O) groups excluding carboxylic acids is 1. The summed E-state index contributed by atoms with van der Waals surface area (Å²) in [7, 11) is 0. The lowest BCUT2D eigenvalue weighted by Gasteiger charge is -2.10. The van der Waals surface area contributed by atoms with Crippen molar-refractivity contribution in [1.82, 2.24) is 5.32 Å². The molecule has 23 heavy (non-hydrogen) atoms. The van der Waals surface area contributed by atoms with Gasteiger partial charge < -0.3 is 10.4 Å². The minimum atomic E-state index is -0.664. The van der Waals surface area contributed by atoms with E-state index in [1.54, 1.807) is 12.1 Å². The van der Waals surface area contributed by atoms with Crippen LogP contribution in [0.15, 0.2) is 72.1 Å². The number of aliphatic hydroxyl groups is 1. The summed E-state index contributed by atoms with van der Waals surface area (Å²) < 4.78 is 0. The predicted molar refractivity (Wildman–Crippen MR) is 93.5 cm³/mol. The Labute approximate surface area is 139 Å². The zero-order valence-corrected chi connectivity index (χ0v) is 13.3. The number of hydrogen-bond donors (Lipinski definition) is 2. The first-order chi connectivity index (χ1) is 11.2. The molecule has 0 bridgehead atoms.